The van der Waals surface area contributed by atoms with Crippen molar-refractivity contribution in [3.8, 4) is 0 Å². The Balaban J connectivity index is 4.18. The summed E-state index contributed by atoms with van der Waals surface area (Å²) < 4.78 is 22.5. The van der Waals surface area contributed by atoms with E-state index in [-0.39, 0.29) is 18.9 Å². The molecule has 0 aliphatic rings. The van der Waals surface area contributed by atoms with Crippen molar-refractivity contribution in [1.29, 1.82) is 0 Å². The number of amides is 1. The van der Waals surface area contributed by atoms with Gasteiger partial charge in [0.25, 0.3) is 7.82 Å². The molecular formula is C30H59N2O6P. The Morgan fingerprint density at radius 2 is 1.41 bits per heavy atom. The van der Waals surface area contributed by atoms with E-state index >= 15 is 0 Å². The van der Waals surface area contributed by atoms with Crippen molar-refractivity contribution in [2.75, 3.05) is 40.9 Å². The molecule has 2 N–H and O–H groups in total. The molecule has 0 spiro atoms. The van der Waals surface area contributed by atoms with Crippen molar-refractivity contribution in [2.45, 2.75) is 122 Å². The molecule has 0 saturated heterocycles. The van der Waals surface area contributed by atoms with Crippen LogP contribution in [0.5, 0.6) is 0 Å². The van der Waals surface area contributed by atoms with Crippen LogP contribution in [0.1, 0.15) is 110 Å². The zero-order valence-corrected chi connectivity index (χ0v) is 26.5. The maximum absolute atomic E-state index is 12.1. The fourth-order valence-corrected chi connectivity index (χ4v) is 4.62. The minimum absolute atomic E-state index is 0.00844. The van der Waals surface area contributed by atoms with Crippen molar-refractivity contribution in [3.05, 3.63) is 24.3 Å². The van der Waals surface area contributed by atoms with E-state index in [0.717, 1.165) is 19.3 Å². The van der Waals surface area contributed by atoms with Crippen LogP contribution in [0.3, 0.4) is 0 Å². The maximum atomic E-state index is 12.1. The SMILES string of the molecule is CCCCCCCCCCCCC/C=C/CC/C=C/C(O)C(COP(=O)([O-])OCC[N+](C)(C)C)NC(=O)CC. The Hall–Kier alpha value is -1.02. The summed E-state index contributed by atoms with van der Waals surface area (Å²) in [5, 5.41) is 13.2. The normalized spacial score (nSPS) is 15.6. The van der Waals surface area contributed by atoms with Crippen molar-refractivity contribution in [2.24, 2.45) is 0 Å². The number of nitrogens with one attached hydrogen (secondary N) is 1. The molecule has 9 heteroatoms. The number of aliphatic hydroxyl groups excluding tert-OH is 1. The summed E-state index contributed by atoms with van der Waals surface area (Å²) >= 11 is 0. The number of phosphoric acid groups is 1. The lowest BCUT2D eigenvalue weighted by Crippen LogP contribution is -2.45. The average molecular weight is 575 g/mol. The van der Waals surface area contributed by atoms with Crippen LogP contribution >= 0.6 is 7.82 Å². The summed E-state index contributed by atoms with van der Waals surface area (Å²) in [4.78, 5) is 24.0. The predicted molar refractivity (Wildman–Crippen MR) is 159 cm³/mol. The molecule has 1 amide bonds. The highest BCUT2D eigenvalue weighted by Crippen LogP contribution is 2.38. The summed E-state index contributed by atoms with van der Waals surface area (Å²) in [5.74, 6) is -0.298. The lowest BCUT2D eigenvalue weighted by Gasteiger charge is -2.29. The standard InChI is InChI=1S/C30H59N2O6P/c1-6-8-9-10-11-12-13-14-15-16-17-18-19-20-21-22-23-24-29(33)28(31-30(34)7-2)27-38-39(35,36)37-26-25-32(3,4)5/h19-20,23-24,28-29,33H,6-18,21-22,25-27H2,1-5H3,(H-,31,34,35,36)/b20-19+,24-23+. The average Bonchev–Trinajstić information content (AvgIpc) is 2.87. The Morgan fingerprint density at radius 1 is 0.872 bits per heavy atom. The topological polar surface area (TPSA) is 108 Å². The molecule has 0 aliphatic heterocycles. The number of hydrogen-bond donors (Lipinski definition) is 2. The fraction of sp³-hybridized carbons (Fsp3) is 0.833. The van der Waals surface area contributed by atoms with Gasteiger partial charge < -0.3 is 28.8 Å². The van der Waals surface area contributed by atoms with Gasteiger partial charge in [0, 0.05) is 6.42 Å². The number of hydrogen-bond acceptors (Lipinski definition) is 6. The molecule has 0 aromatic rings. The molecule has 0 radical (unpaired) electrons. The van der Waals surface area contributed by atoms with Gasteiger partial charge in [-0.25, -0.2) is 0 Å². The van der Waals surface area contributed by atoms with E-state index in [1.165, 1.54) is 70.6 Å². The Bertz CT molecular complexity index is 708. The van der Waals surface area contributed by atoms with Crippen molar-refractivity contribution in [1.82, 2.24) is 5.32 Å². The van der Waals surface area contributed by atoms with E-state index in [2.05, 4.69) is 24.4 Å². The lowest BCUT2D eigenvalue weighted by molar-refractivity contribution is -0.870. The van der Waals surface area contributed by atoms with Crippen molar-refractivity contribution in [3.63, 3.8) is 0 Å². The molecule has 0 bridgehead atoms. The number of quaternary nitrogens is 1. The highest BCUT2D eigenvalue weighted by molar-refractivity contribution is 7.45. The second kappa shape index (κ2) is 23.7. The van der Waals surface area contributed by atoms with Gasteiger partial charge in [-0.15, -0.1) is 0 Å². The zero-order valence-electron chi connectivity index (χ0n) is 25.6. The van der Waals surface area contributed by atoms with Crippen LogP contribution < -0.4 is 10.2 Å². The first kappa shape index (κ1) is 38.0. The molecule has 230 valence electrons. The van der Waals surface area contributed by atoms with Crippen LogP contribution in [0.4, 0.5) is 0 Å². The van der Waals surface area contributed by atoms with Crippen LogP contribution in [0, 0.1) is 0 Å². The first-order valence-corrected chi connectivity index (χ1v) is 16.7. The minimum Gasteiger partial charge on any atom is -0.756 e. The number of carbonyl (C=O) groups excluding carboxylic acids is 1. The first-order valence-electron chi connectivity index (χ1n) is 15.2. The van der Waals surface area contributed by atoms with Gasteiger partial charge in [-0.1, -0.05) is 102 Å². The highest BCUT2D eigenvalue weighted by Gasteiger charge is 2.22. The van der Waals surface area contributed by atoms with E-state index in [0.29, 0.717) is 11.0 Å². The first-order chi connectivity index (χ1) is 18.5. The van der Waals surface area contributed by atoms with Crippen molar-refractivity contribution < 1.29 is 32.9 Å². The van der Waals surface area contributed by atoms with E-state index < -0.39 is 26.6 Å². The third kappa shape index (κ3) is 25.7. The lowest BCUT2D eigenvalue weighted by atomic mass is 10.1. The summed E-state index contributed by atoms with van der Waals surface area (Å²) in [7, 11) is 1.23. The number of allylic oxidation sites excluding steroid dienone is 3. The van der Waals surface area contributed by atoms with E-state index in [4.69, 9.17) is 9.05 Å². The Morgan fingerprint density at radius 3 is 1.97 bits per heavy atom. The van der Waals surface area contributed by atoms with Crippen LogP contribution in [-0.2, 0) is 18.4 Å². The van der Waals surface area contributed by atoms with Gasteiger partial charge >= 0.3 is 0 Å². The number of nitrogens with zero attached hydrogens (tertiary/aromatic N) is 1. The minimum atomic E-state index is -4.54. The Kier molecular flexibility index (Phi) is 23.0. The van der Waals surface area contributed by atoms with Gasteiger partial charge in [-0.05, 0) is 25.7 Å². The van der Waals surface area contributed by atoms with Crippen LogP contribution in [0.25, 0.3) is 0 Å². The molecule has 39 heavy (non-hydrogen) atoms. The second-order valence-electron chi connectivity index (χ2n) is 11.4. The summed E-state index contributed by atoms with van der Waals surface area (Å²) in [6.07, 6.45) is 24.5. The quantitative estimate of drug-likeness (QED) is 0.0564. The fourth-order valence-electron chi connectivity index (χ4n) is 3.89. The van der Waals surface area contributed by atoms with Gasteiger partial charge in [0.2, 0.25) is 5.91 Å². The van der Waals surface area contributed by atoms with Crippen LogP contribution in [0.15, 0.2) is 24.3 Å². The number of unbranched alkanes of at least 4 members (excludes halogenated alkanes) is 12. The number of phosphoric ester groups is 1. The summed E-state index contributed by atoms with van der Waals surface area (Å²) in [6.45, 7) is 4.02. The molecule has 0 aromatic carbocycles. The summed E-state index contributed by atoms with van der Waals surface area (Å²) in [5.41, 5.74) is 0. The molecule has 0 fully saturated rings. The smallest absolute Gasteiger partial charge is 0.268 e. The third-order valence-electron chi connectivity index (χ3n) is 6.48. The molecule has 0 saturated carbocycles. The van der Waals surface area contributed by atoms with Gasteiger partial charge in [-0.3, -0.25) is 9.36 Å². The number of aliphatic hydroxyl groups is 1. The molecule has 3 atom stereocenters. The van der Waals surface area contributed by atoms with E-state index in [1.54, 1.807) is 13.0 Å². The van der Waals surface area contributed by atoms with E-state index in [9.17, 15) is 19.4 Å². The third-order valence-corrected chi connectivity index (χ3v) is 7.44. The highest BCUT2D eigenvalue weighted by atomic mass is 31.2. The Labute approximate surface area is 239 Å². The maximum Gasteiger partial charge on any atom is 0.268 e. The molecule has 3 unspecified atom stereocenters. The van der Waals surface area contributed by atoms with Gasteiger partial charge in [0.05, 0.1) is 39.9 Å². The molecule has 0 aromatic heterocycles. The molecular weight excluding hydrogens is 515 g/mol. The molecule has 0 rings (SSSR count). The van der Waals surface area contributed by atoms with E-state index in [1.807, 2.05) is 27.2 Å². The molecule has 0 aliphatic carbocycles. The van der Waals surface area contributed by atoms with Crippen LogP contribution in [0.2, 0.25) is 0 Å². The number of rotatable bonds is 26. The molecule has 0 heterocycles. The van der Waals surface area contributed by atoms with Gasteiger partial charge in [0.1, 0.15) is 13.2 Å². The van der Waals surface area contributed by atoms with Crippen LogP contribution in [-0.4, -0.2) is 68.5 Å². The predicted octanol–water partition coefficient (Wildman–Crippen LogP) is 6.04. The number of carbonyl (C=O) groups is 1. The largest absolute Gasteiger partial charge is 0.756 e. The van der Waals surface area contributed by atoms with Gasteiger partial charge in [0.15, 0.2) is 0 Å². The summed E-state index contributed by atoms with van der Waals surface area (Å²) in [6, 6.07) is -0.894. The van der Waals surface area contributed by atoms with Gasteiger partial charge in [-0.2, -0.15) is 0 Å². The van der Waals surface area contributed by atoms with Crippen molar-refractivity contribution >= 4 is 13.7 Å². The second-order valence-corrected chi connectivity index (χ2v) is 12.8. The number of likely N-dealkylation sites (N-methyl/N-ethyl adjacent to an activating group) is 1. The zero-order chi connectivity index (χ0) is 29.4. The monoisotopic (exact) mass is 574 g/mol. The molecule has 8 nitrogen and oxygen atoms in total.